The lowest BCUT2D eigenvalue weighted by atomic mass is 10.00. The number of imidazole rings is 1. The molecule has 1 aromatic carbocycles. The fourth-order valence-electron chi connectivity index (χ4n) is 2.57. The quantitative estimate of drug-likeness (QED) is 0.820. The molecule has 0 saturated heterocycles. The van der Waals surface area contributed by atoms with Crippen molar-refractivity contribution >= 4 is 6.03 Å². The third-order valence-corrected chi connectivity index (χ3v) is 3.89. The van der Waals surface area contributed by atoms with Crippen molar-refractivity contribution in [3.05, 3.63) is 48.5 Å². The summed E-state index contributed by atoms with van der Waals surface area (Å²) in [6.07, 6.45) is 6.12. The Bertz CT molecular complexity index is 653. The van der Waals surface area contributed by atoms with Gasteiger partial charge in [0.25, 0.3) is 0 Å². The maximum atomic E-state index is 12.0. The highest BCUT2D eigenvalue weighted by atomic mass is 16.5. The van der Waals surface area contributed by atoms with Crippen molar-refractivity contribution in [2.75, 3.05) is 7.11 Å². The molecule has 1 atom stereocenters. The van der Waals surface area contributed by atoms with Gasteiger partial charge in [0.05, 0.1) is 11.9 Å². The molecule has 0 aliphatic carbocycles. The number of hydrogen-bond donors (Lipinski definition) is 2. The van der Waals surface area contributed by atoms with Crippen LogP contribution in [0.3, 0.4) is 0 Å². The van der Waals surface area contributed by atoms with Gasteiger partial charge in [-0.05, 0) is 44.9 Å². The van der Waals surface area contributed by atoms with Crippen molar-refractivity contribution < 1.29 is 9.53 Å². The zero-order valence-corrected chi connectivity index (χ0v) is 14.7. The van der Waals surface area contributed by atoms with Gasteiger partial charge in [0, 0.05) is 37.8 Å². The summed E-state index contributed by atoms with van der Waals surface area (Å²) in [4.78, 5) is 16.1. The maximum Gasteiger partial charge on any atom is 0.315 e. The van der Waals surface area contributed by atoms with Crippen molar-refractivity contribution in [3.8, 4) is 5.69 Å². The number of urea groups is 1. The number of nitrogens with one attached hydrogen (secondary N) is 2. The van der Waals surface area contributed by atoms with E-state index in [0.717, 1.165) is 17.7 Å². The van der Waals surface area contributed by atoms with E-state index in [4.69, 9.17) is 4.74 Å². The molecule has 2 amide bonds. The standard InChI is InChI=1S/C18H26N4O2/c1-14(11-18(2,3)24-4)21-17(23)20-12-15-6-5-7-16(10-15)22-9-8-19-13-22/h5-10,13-14H,11-12H2,1-4H3,(H2,20,21,23)/t14-/m1/s1. The maximum absolute atomic E-state index is 12.0. The van der Waals surface area contributed by atoms with Crippen LogP contribution in [0.15, 0.2) is 43.0 Å². The van der Waals surface area contributed by atoms with Crippen LogP contribution in [0.5, 0.6) is 0 Å². The number of carbonyl (C=O) groups is 1. The Labute approximate surface area is 143 Å². The smallest absolute Gasteiger partial charge is 0.315 e. The molecule has 0 aliphatic heterocycles. The van der Waals surface area contributed by atoms with Crippen LogP contribution in [0.1, 0.15) is 32.8 Å². The molecular weight excluding hydrogens is 304 g/mol. The van der Waals surface area contributed by atoms with Gasteiger partial charge in [-0.3, -0.25) is 0 Å². The predicted octanol–water partition coefficient (Wildman–Crippen LogP) is 2.88. The van der Waals surface area contributed by atoms with Crippen molar-refractivity contribution in [1.29, 1.82) is 0 Å². The molecule has 6 heteroatoms. The van der Waals surface area contributed by atoms with E-state index < -0.39 is 0 Å². The van der Waals surface area contributed by atoms with E-state index in [1.165, 1.54) is 0 Å². The molecule has 0 unspecified atom stereocenters. The van der Waals surface area contributed by atoms with Crippen LogP contribution in [0.2, 0.25) is 0 Å². The third-order valence-electron chi connectivity index (χ3n) is 3.89. The monoisotopic (exact) mass is 330 g/mol. The Kier molecular flexibility index (Phi) is 5.98. The van der Waals surface area contributed by atoms with Crippen LogP contribution >= 0.6 is 0 Å². The number of ether oxygens (including phenoxy) is 1. The highest BCUT2D eigenvalue weighted by molar-refractivity contribution is 5.74. The van der Waals surface area contributed by atoms with Crippen LogP contribution in [0, 0.1) is 0 Å². The second kappa shape index (κ2) is 7.97. The summed E-state index contributed by atoms with van der Waals surface area (Å²) in [5, 5.41) is 5.83. The lowest BCUT2D eigenvalue weighted by Crippen LogP contribution is -2.43. The van der Waals surface area contributed by atoms with Crippen LogP contribution in [-0.2, 0) is 11.3 Å². The lowest BCUT2D eigenvalue weighted by molar-refractivity contribution is 0.00950. The van der Waals surface area contributed by atoms with Crippen LogP contribution in [0.25, 0.3) is 5.69 Å². The minimum Gasteiger partial charge on any atom is -0.379 e. The second-order valence-electron chi connectivity index (χ2n) is 6.54. The largest absolute Gasteiger partial charge is 0.379 e. The molecule has 2 N–H and O–H groups in total. The minimum absolute atomic E-state index is 0.0252. The number of aromatic nitrogens is 2. The third kappa shape index (κ3) is 5.38. The Morgan fingerprint density at radius 3 is 2.88 bits per heavy atom. The van der Waals surface area contributed by atoms with Gasteiger partial charge in [0.2, 0.25) is 0 Å². The number of carbonyl (C=O) groups excluding carboxylic acids is 1. The van der Waals surface area contributed by atoms with E-state index in [2.05, 4.69) is 15.6 Å². The van der Waals surface area contributed by atoms with Crippen LogP contribution < -0.4 is 10.6 Å². The Hall–Kier alpha value is -2.34. The summed E-state index contributed by atoms with van der Waals surface area (Å²) >= 11 is 0. The van der Waals surface area contributed by atoms with Crippen LogP contribution in [0.4, 0.5) is 4.79 Å². The first-order valence-corrected chi connectivity index (χ1v) is 8.06. The van der Waals surface area contributed by atoms with Gasteiger partial charge in [-0.1, -0.05) is 12.1 Å². The summed E-state index contributed by atoms with van der Waals surface area (Å²) in [5.74, 6) is 0. The summed E-state index contributed by atoms with van der Waals surface area (Å²) in [6, 6.07) is 7.82. The zero-order valence-electron chi connectivity index (χ0n) is 14.7. The molecule has 0 fully saturated rings. The molecule has 130 valence electrons. The van der Waals surface area contributed by atoms with Crippen molar-refractivity contribution in [3.63, 3.8) is 0 Å². The van der Waals surface area contributed by atoms with Gasteiger partial charge in [-0.25, -0.2) is 9.78 Å². The van der Waals surface area contributed by atoms with E-state index in [0.29, 0.717) is 6.54 Å². The highest BCUT2D eigenvalue weighted by Crippen LogP contribution is 2.15. The SMILES string of the molecule is COC(C)(C)C[C@@H](C)NC(=O)NCc1cccc(-n2ccnc2)c1. The molecule has 0 radical (unpaired) electrons. The summed E-state index contributed by atoms with van der Waals surface area (Å²) in [7, 11) is 1.68. The first kappa shape index (κ1) is 18.0. The predicted molar refractivity (Wildman–Crippen MR) is 94.1 cm³/mol. The molecule has 1 heterocycles. The second-order valence-corrected chi connectivity index (χ2v) is 6.54. The number of nitrogens with zero attached hydrogens (tertiary/aromatic N) is 2. The number of methoxy groups -OCH3 is 1. The van der Waals surface area contributed by atoms with Gasteiger partial charge < -0.3 is 19.9 Å². The van der Waals surface area contributed by atoms with E-state index in [9.17, 15) is 4.79 Å². The summed E-state index contributed by atoms with van der Waals surface area (Å²) in [5.41, 5.74) is 1.79. The van der Waals surface area contributed by atoms with E-state index in [1.54, 1.807) is 19.6 Å². The zero-order chi connectivity index (χ0) is 17.6. The molecule has 2 aromatic rings. The fourth-order valence-corrected chi connectivity index (χ4v) is 2.57. The average molecular weight is 330 g/mol. The Morgan fingerprint density at radius 1 is 1.42 bits per heavy atom. The first-order valence-electron chi connectivity index (χ1n) is 8.06. The van der Waals surface area contributed by atoms with Gasteiger partial charge in [0.1, 0.15) is 0 Å². The van der Waals surface area contributed by atoms with Gasteiger partial charge in [-0.15, -0.1) is 0 Å². The molecule has 6 nitrogen and oxygen atoms in total. The molecule has 0 spiro atoms. The molecule has 24 heavy (non-hydrogen) atoms. The molecule has 1 aromatic heterocycles. The molecule has 0 bridgehead atoms. The van der Waals surface area contributed by atoms with Gasteiger partial charge >= 0.3 is 6.03 Å². The minimum atomic E-state index is -0.258. The average Bonchev–Trinajstić information content (AvgIpc) is 3.07. The molecule has 2 rings (SSSR count). The normalized spacial score (nSPS) is 12.7. The first-order chi connectivity index (χ1) is 11.4. The van der Waals surface area contributed by atoms with E-state index in [1.807, 2.05) is 55.8 Å². The lowest BCUT2D eigenvalue weighted by Gasteiger charge is -2.27. The summed E-state index contributed by atoms with van der Waals surface area (Å²) < 4.78 is 7.32. The van der Waals surface area contributed by atoms with E-state index in [-0.39, 0.29) is 17.7 Å². The van der Waals surface area contributed by atoms with Gasteiger partial charge in [0.15, 0.2) is 0 Å². The topological polar surface area (TPSA) is 68.2 Å². The number of amides is 2. The fraction of sp³-hybridized carbons (Fsp3) is 0.444. The van der Waals surface area contributed by atoms with Crippen molar-refractivity contribution in [2.24, 2.45) is 0 Å². The Morgan fingerprint density at radius 2 is 2.21 bits per heavy atom. The number of hydrogen-bond acceptors (Lipinski definition) is 3. The van der Waals surface area contributed by atoms with Crippen molar-refractivity contribution in [1.82, 2.24) is 20.2 Å². The molecular formula is C18H26N4O2. The van der Waals surface area contributed by atoms with Gasteiger partial charge in [-0.2, -0.15) is 0 Å². The summed E-state index contributed by atoms with van der Waals surface area (Å²) in [6.45, 7) is 6.45. The molecule has 0 aliphatic rings. The van der Waals surface area contributed by atoms with E-state index >= 15 is 0 Å². The number of rotatable bonds is 7. The number of benzene rings is 1. The van der Waals surface area contributed by atoms with Crippen LogP contribution in [-0.4, -0.2) is 34.3 Å². The Balaban J connectivity index is 1.85. The highest BCUT2D eigenvalue weighted by Gasteiger charge is 2.21. The molecule has 0 saturated carbocycles. The van der Waals surface area contributed by atoms with Crippen molar-refractivity contribution in [2.45, 2.75) is 45.4 Å².